The van der Waals surface area contributed by atoms with Crippen LogP contribution in [0.5, 0.6) is 0 Å². The van der Waals surface area contributed by atoms with Crippen molar-refractivity contribution in [1.29, 1.82) is 0 Å². The van der Waals surface area contributed by atoms with Crippen molar-refractivity contribution in [3.63, 3.8) is 0 Å². The summed E-state index contributed by atoms with van der Waals surface area (Å²) in [4.78, 5) is 10.6. The number of rotatable bonds is 6. The molecule has 90 valence electrons. The van der Waals surface area contributed by atoms with Crippen molar-refractivity contribution in [3.05, 3.63) is 17.9 Å². The zero-order valence-corrected chi connectivity index (χ0v) is 9.49. The Morgan fingerprint density at radius 2 is 2.06 bits per heavy atom. The average molecular weight is 227 g/mol. The first kappa shape index (κ1) is 12.6. The normalized spacial score (nSPS) is 11.4. The van der Waals surface area contributed by atoms with Crippen molar-refractivity contribution in [2.45, 2.75) is 32.3 Å². The van der Waals surface area contributed by atoms with Crippen LogP contribution >= 0.6 is 0 Å². The number of carboxylic acids is 1. The van der Waals surface area contributed by atoms with Crippen molar-refractivity contribution >= 4 is 11.9 Å². The molecule has 3 N–H and O–H groups in total. The molecule has 0 aliphatic carbocycles. The van der Waals surface area contributed by atoms with Crippen molar-refractivity contribution < 1.29 is 19.4 Å². The Morgan fingerprint density at radius 3 is 2.50 bits per heavy atom. The van der Waals surface area contributed by atoms with Gasteiger partial charge in [0.2, 0.25) is 5.76 Å². The predicted molar refractivity (Wildman–Crippen MR) is 59.7 cm³/mol. The Labute approximate surface area is 94.1 Å². The van der Waals surface area contributed by atoms with Gasteiger partial charge in [-0.2, -0.15) is 0 Å². The second kappa shape index (κ2) is 5.03. The lowest BCUT2D eigenvalue weighted by atomic mass is 9.98. The molecule has 0 aromatic carbocycles. The number of aliphatic hydroxyl groups is 1. The third-order valence-corrected chi connectivity index (χ3v) is 2.72. The molecule has 0 atom stereocenters. The molecule has 5 nitrogen and oxygen atoms in total. The summed E-state index contributed by atoms with van der Waals surface area (Å²) in [6.07, 6.45) is 1.26. The fraction of sp³-hybridized carbons (Fsp3) is 0.545. The molecule has 0 fully saturated rings. The minimum absolute atomic E-state index is 0.112. The zero-order chi connectivity index (χ0) is 12.2. The minimum Gasteiger partial charge on any atom is -0.475 e. The Balaban J connectivity index is 2.57. The van der Waals surface area contributed by atoms with E-state index in [1.165, 1.54) is 12.1 Å². The van der Waals surface area contributed by atoms with Crippen LogP contribution in [-0.2, 0) is 0 Å². The van der Waals surface area contributed by atoms with Gasteiger partial charge in [-0.05, 0) is 18.9 Å². The number of carbonyl (C=O) groups is 1. The standard InChI is InChI=1S/C11H17NO4/c1-3-11(15,4-2)7-12-9-6-5-8(16-9)10(13)14/h5-6,12,15H,3-4,7H2,1-2H3,(H,13,14). The van der Waals surface area contributed by atoms with E-state index < -0.39 is 11.6 Å². The first-order valence-corrected chi connectivity index (χ1v) is 5.30. The molecular formula is C11H17NO4. The first-order chi connectivity index (χ1) is 7.50. The molecule has 16 heavy (non-hydrogen) atoms. The highest BCUT2D eigenvalue weighted by Crippen LogP contribution is 2.18. The van der Waals surface area contributed by atoms with Crippen LogP contribution in [0.15, 0.2) is 16.5 Å². The minimum atomic E-state index is -1.10. The fourth-order valence-electron chi connectivity index (χ4n) is 1.30. The van der Waals surface area contributed by atoms with Crippen molar-refractivity contribution in [2.24, 2.45) is 0 Å². The number of anilines is 1. The number of hydrogen-bond acceptors (Lipinski definition) is 4. The number of carboxylic acid groups (broad SMARTS) is 1. The van der Waals surface area contributed by atoms with Crippen molar-refractivity contribution in [1.82, 2.24) is 0 Å². The number of nitrogens with one attached hydrogen (secondary N) is 1. The number of furan rings is 1. The molecule has 0 spiro atoms. The first-order valence-electron chi connectivity index (χ1n) is 5.30. The molecule has 1 aromatic heterocycles. The van der Waals surface area contributed by atoms with Gasteiger partial charge in [0.25, 0.3) is 0 Å². The van der Waals surface area contributed by atoms with Crippen LogP contribution in [-0.4, -0.2) is 28.3 Å². The van der Waals surface area contributed by atoms with E-state index in [0.717, 1.165) is 0 Å². The molecule has 0 saturated carbocycles. The highest BCUT2D eigenvalue weighted by molar-refractivity contribution is 5.84. The van der Waals surface area contributed by atoms with Gasteiger partial charge >= 0.3 is 5.97 Å². The van der Waals surface area contributed by atoms with Crippen LogP contribution in [0.3, 0.4) is 0 Å². The monoisotopic (exact) mass is 227 g/mol. The smallest absolute Gasteiger partial charge is 0.371 e. The van der Waals surface area contributed by atoms with E-state index in [1.807, 2.05) is 13.8 Å². The summed E-state index contributed by atoms with van der Waals surface area (Å²) in [5, 5.41) is 21.5. The van der Waals surface area contributed by atoms with Crippen LogP contribution in [0.4, 0.5) is 5.88 Å². The molecule has 0 aliphatic rings. The fourth-order valence-corrected chi connectivity index (χ4v) is 1.30. The second-order valence-corrected chi connectivity index (χ2v) is 3.75. The summed E-state index contributed by atoms with van der Waals surface area (Å²) in [6.45, 7) is 4.14. The Kier molecular flexibility index (Phi) is 3.95. The summed E-state index contributed by atoms with van der Waals surface area (Å²) < 4.78 is 5.01. The summed E-state index contributed by atoms with van der Waals surface area (Å²) in [7, 11) is 0. The van der Waals surface area contributed by atoms with Crippen LogP contribution in [0.25, 0.3) is 0 Å². The van der Waals surface area contributed by atoms with Crippen molar-refractivity contribution in [3.8, 4) is 0 Å². The summed E-state index contributed by atoms with van der Waals surface area (Å²) in [5.41, 5.74) is -0.782. The summed E-state index contributed by atoms with van der Waals surface area (Å²) in [6, 6.07) is 2.91. The lowest BCUT2D eigenvalue weighted by molar-refractivity contribution is 0.0452. The summed E-state index contributed by atoms with van der Waals surface area (Å²) in [5.74, 6) is -0.856. The van der Waals surface area contributed by atoms with Gasteiger partial charge in [-0.1, -0.05) is 13.8 Å². The molecule has 1 rings (SSSR count). The van der Waals surface area contributed by atoms with E-state index in [4.69, 9.17) is 9.52 Å². The van der Waals surface area contributed by atoms with Gasteiger partial charge in [0.15, 0.2) is 5.88 Å². The quantitative estimate of drug-likeness (QED) is 0.691. The Hall–Kier alpha value is -1.49. The van der Waals surface area contributed by atoms with E-state index in [9.17, 15) is 9.90 Å². The van der Waals surface area contributed by atoms with Crippen LogP contribution in [0, 0.1) is 0 Å². The van der Waals surface area contributed by atoms with Gasteiger partial charge in [0, 0.05) is 12.6 Å². The highest BCUT2D eigenvalue weighted by Gasteiger charge is 2.22. The van der Waals surface area contributed by atoms with Crippen molar-refractivity contribution in [2.75, 3.05) is 11.9 Å². The molecule has 0 aliphatic heterocycles. The van der Waals surface area contributed by atoms with E-state index in [2.05, 4.69) is 5.32 Å². The molecule has 1 heterocycles. The average Bonchev–Trinajstić information content (AvgIpc) is 2.75. The third-order valence-electron chi connectivity index (χ3n) is 2.72. The maximum absolute atomic E-state index is 10.6. The lowest BCUT2D eigenvalue weighted by Gasteiger charge is -2.25. The van der Waals surface area contributed by atoms with E-state index in [-0.39, 0.29) is 5.76 Å². The maximum Gasteiger partial charge on any atom is 0.371 e. The molecule has 0 unspecified atom stereocenters. The van der Waals surface area contributed by atoms with Gasteiger partial charge in [0.05, 0.1) is 5.60 Å². The van der Waals surface area contributed by atoms with Crippen LogP contribution in [0.1, 0.15) is 37.2 Å². The van der Waals surface area contributed by atoms with E-state index in [0.29, 0.717) is 25.3 Å². The molecule has 0 bridgehead atoms. The maximum atomic E-state index is 10.6. The Morgan fingerprint density at radius 1 is 1.44 bits per heavy atom. The molecule has 0 amide bonds. The lowest BCUT2D eigenvalue weighted by Crippen LogP contribution is -2.35. The number of hydrogen-bond donors (Lipinski definition) is 3. The van der Waals surface area contributed by atoms with Crippen LogP contribution in [0.2, 0.25) is 0 Å². The largest absolute Gasteiger partial charge is 0.475 e. The second-order valence-electron chi connectivity index (χ2n) is 3.75. The van der Waals surface area contributed by atoms with Gasteiger partial charge in [-0.3, -0.25) is 0 Å². The molecule has 0 saturated heterocycles. The van der Waals surface area contributed by atoms with E-state index in [1.54, 1.807) is 0 Å². The van der Waals surface area contributed by atoms with Gasteiger partial charge in [-0.15, -0.1) is 0 Å². The summed E-state index contributed by atoms with van der Waals surface area (Å²) >= 11 is 0. The van der Waals surface area contributed by atoms with Gasteiger partial charge in [-0.25, -0.2) is 4.79 Å². The SMILES string of the molecule is CCC(O)(CC)CNc1ccc(C(=O)O)o1. The van der Waals surface area contributed by atoms with Gasteiger partial charge < -0.3 is 19.9 Å². The molecule has 0 radical (unpaired) electrons. The molecule has 5 heteroatoms. The number of aromatic carboxylic acids is 1. The highest BCUT2D eigenvalue weighted by atomic mass is 16.4. The topological polar surface area (TPSA) is 82.7 Å². The predicted octanol–water partition coefficient (Wildman–Crippen LogP) is 1.94. The zero-order valence-electron chi connectivity index (χ0n) is 9.49. The van der Waals surface area contributed by atoms with Gasteiger partial charge in [0.1, 0.15) is 0 Å². The molecular weight excluding hydrogens is 210 g/mol. The molecule has 1 aromatic rings. The third kappa shape index (κ3) is 3.00. The van der Waals surface area contributed by atoms with E-state index >= 15 is 0 Å². The Bertz CT molecular complexity index is 355. The van der Waals surface area contributed by atoms with Crippen LogP contribution < -0.4 is 5.32 Å².